The van der Waals surface area contributed by atoms with Crippen LogP contribution in [0.2, 0.25) is 0 Å². The van der Waals surface area contributed by atoms with Crippen LogP contribution in [0, 0.1) is 12.8 Å². The number of rotatable bonds is 7. The van der Waals surface area contributed by atoms with Gasteiger partial charge in [0.2, 0.25) is 11.8 Å². The molecule has 2 amide bonds. The Morgan fingerprint density at radius 2 is 1.82 bits per heavy atom. The third kappa shape index (κ3) is 6.57. The second kappa shape index (κ2) is 9.03. The fourth-order valence-corrected chi connectivity index (χ4v) is 2.11. The van der Waals surface area contributed by atoms with Gasteiger partial charge in [-0.05, 0) is 24.8 Å². The maximum absolute atomic E-state index is 12.0. The molecule has 120 valence electrons. The number of benzene rings is 1. The van der Waals surface area contributed by atoms with Gasteiger partial charge in [0, 0.05) is 13.5 Å². The number of hydrogen-bond donors (Lipinski definition) is 2. The summed E-state index contributed by atoms with van der Waals surface area (Å²) in [7, 11) is 1.58. The van der Waals surface area contributed by atoms with Crippen molar-refractivity contribution in [2.24, 2.45) is 5.92 Å². The Bertz CT molecular complexity index is 518. The first-order valence-corrected chi connectivity index (χ1v) is 7.66. The van der Waals surface area contributed by atoms with E-state index in [1.807, 2.05) is 57.2 Å². The summed E-state index contributed by atoms with van der Waals surface area (Å²) in [5, 5.41) is 5.38. The van der Waals surface area contributed by atoms with E-state index in [0.29, 0.717) is 12.3 Å². The van der Waals surface area contributed by atoms with Crippen molar-refractivity contribution in [2.75, 3.05) is 7.05 Å². The lowest BCUT2D eigenvalue weighted by molar-refractivity contribution is -0.128. The SMILES string of the molecule is CNC(=O)C(CC(C)C)NC(=O)C/C=C/c1ccc(C)cc1. The first kappa shape index (κ1) is 18.0. The van der Waals surface area contributed by atoms with Crippen LogP contribution in [0.1, 0.15) is 37.8 Å². The van der Waals surface area contributed by atoms with Crippen LogP contribution >= 0.6 is 0 Å². The van der Waals surface area contributed by atoms with Gasteiger partial charge < -0.3 is 10.6 Å². The Labute approximate surface area is 133 Å². The molecular weight excluding hydrogens is 276 g/mol. The Morgan fingerprint density at radius 1 is 1.18 bits per heavy atom. The quantitative estimate of drug-likeness (QED) is 0.813. The minimum absolute atomic E-state index is 0.141. The lowest BCUT2D eigenvalue weighted by Crippen LogP contribution is -2.46. The number of hydrogen-bond acceptors (Lipinski definition) is 2. The topological polar surface area (TPSA) is 58.2 Å². The van der Waals surface area contributed by atoms with Crippen molar-refractivity contribution in [1.29, 1.82) is 0 Å². The van der Waals surface area contributed by atoms with Crippen LogP contribution in [0.5, 0.6) is 0 Å². The molecule has 0 aromatic heterocycles. The van der Waals surface area contributed by atoms with Crippen LogP contribution in [0.3, 0.4) is 0 Å². The molecule has 0 radical (unpaired) electrons. The minimum Gasteiger partial charge on any atom is -0.357 e. The minimum atomic E-state index is -0.467. The summed E-state index contributed by atoms with van der Waals surface area (Å²) in [6.07, 6.45) is 4.62. The van der Waals surface area contributed by atoms with Crippen molar-refractivity contribution < 1.29 is 9.59 Å². The molecule has 0 aliphatic carbocycles. The Balaban J connectivity index is 2.52. The van der Waals surface area contributed by atoms with E-state index in [9.17, 15) is 9.59 Å². The van der Waals surface area contributed by atoms with E-state index in [1.165, 1.54) is 5.56 Å². The Morgan fingerprint density at radius 3 is 2.36 bits per heavy atom. The van der Waals surface area contributed by atoms with Gasteiger partial charge >= 0.3 is 0 Å². The molecule has 0 saturated carbocycles. The second-order valence-electron chi connectivity index (χ2n) is 5.88. The van der Waals surface area contributed by atoms with Gasteiger partial charge in [-0.2, -0.15) is 0 Å². The molecule has 1 aromatic rings. The molecule has 2 N–H and O–H groups in total. The predicted molar refractivity (Wildman–Crippen MR) is 90.3 cm³/mol. The predicted octanol–water partition coefficient (Wildman–Crippen LogP) is 2.68. The number of likely N-dealkylation sites (N-methyl/N-ethyl adjacent to an activating group) is 1. The summed E-state index contributed by atoms with van der Waals surface area (Å²) in [6.45, 7) is 6.09. The summed E-state index contributed by atoms with van der Waals surface area (Å²) in [5.41, 5.74) is 2.26. The van der Waals surface area contributed by atoms with E-state index in [-0.39, 0.29) is 18.2 Å². The third-order valence-corrected chi connectivity index (χ3v) is 3.30. The lowest BCUT2D eigenvalue weighted by atomic mass is 10.0. The maximum Gasteiger partial charge on any atom is 0.242 e. The highest BCUT2D eigenvalue weighted by molar-refractivity contribution is 5.88. The van der Waals surface area contributed by atoms with Crippen molar-refractivity contribution in [2.45, 2.75) is 39.7 Å². The van der Waals surface area contributed by atoms with E-state index >= 15 is 0 Å². The van der Waals surface area contributed by atoms with Gasteiger partial charge in [-0.1, -0.05) is 55.8 Å². The number of carbonyl (C=O) groups excluding carboxylic acids is 2. The summed E-state index contributed by atoms with van der Waals surface area (Å²) in [4.78, 5) is 23.7. The molecule has 1 atom stereocenters. The molecule has 0 heterocycles. The van der Waals surface area contributed by atoms with Crippen LogP contribution < -0.4 is 10.6 Å². The van der Waals surface area contributed by atoms with Gasteiger partial charge in [0.15, 0.2) is 0 Å². The molecular formula is C18H26N2O2. The molecule has 1 unspecified atom stereocenters. The van der Waals surface area contributed by atoms with Crippen LogP contribution in [-0.2, 0) is 9.59 Å². The highest BCUT2D eigenvalue weighted by Crippen LogP contribution is 2.07. The molecule has 0 aliphatic heterocycles. The maximum atomic E-state index is 12.0. The van der Waals surface area contributed by atoms with Gasteiger partial charge in [0.05, 0.1) is 0 Å². The molecule has 0 saturated heterocycles. The summed E-state index contributed by atoms with van der Waals surface area (Å²) < 4.78 is 0. The third-order valence-electron chi connectivity index (χ3n) is 3.30. The molecule has 1 aromatic carbocycles. The lowest BCUT2D eigenvalue weighted by Gasteiger charge is -2.18. The van der Waals surface area contributed by atoms with E-state index < -0.39 is 6.04 Å². The van der Waals surface area contributed by atoms with Crippen LogP contribution in [-0.4, -0.2) is 24.9 Å². The first-order valence-electron chi connectivity index (χ1n) is 7.66. The number of nitrogens with one attached hydrogen (secondary N) is 2. The summed E-state index contributed by atoms with van der Waals surface area (Å²) >= 11 is 0. The first-order chi connectivity index (χ1) is 10.4. The van der Waals surface area contributed by atoms with Gasteiger partial charge in [-0.25, -0.2) is 0 Å². The van der Waals surface area contributed by atoms with E-state index in [2.05, 4.69) is 10.6 Å². The molecule has 0 bridgehead atoms. The van der Waals surface area contributed by atoms with Gasteiger partial charge in [-0.15, -0.1) is 0 Å². The highest BCUT2D eigenvalue weighted by Gasteiger charge is 2.19. The van der Waals surface area contributed by atoms with Crippen LogP contribution in [0.4, 0.5) is 0 Å². The standard InChI is InChI=1S/C18H26N2O2/c1-13(2)12-16(18(22)19-4)20-17(21)7-5-6-15-10-8-14(3)9-11-15/h5-6,8-11,13,16H,7,12H2,1-4H3,(H,19,22)(H,20,21)/b6-5+. The second-order valence-corrected chi connectivity index (χ2v) is 5.88. The number of aryl methyl sites for hydroxylation is 1. The van der Waals surface area contributed by atoms with Crippen LogP contribution in [0.15, 0.2) is 30.3 Å². The van der Waals surface area contributed by atoms with E-state index in [0.717, 1.165) is 5.56 Å². The monoisotopic (exact) mass is 302 g/mol. The van der Waals surface area contributed by atoms with Crippen LogP contribution in [0.25, 0.3) is 6.08 Å². The van der Waals surface area contributed by atoms with Gasteiger partial charge in [0.1, 0.15) is 6.04 Å². The fraction of sp³-hybridized carbons (Fsp3) is 0.444. The molecule has 4 heteroatoms. The van der Waals surface area contributed by atoms with Gasteiger partial charge in [0.25, 0.3) is 0 Å². The van der Waals surface area contributed by atoms with Crippen molar-refractivity contribution in [1.82, 2.24) is 10.6 Å². The van der Waals surface area contributed by atoms with Crippen molar-refractivity contribution >= 4 is 17.9 Å². The van der Waals surface area contributed by atoms with E-state index in [1.54, 1.807) is 7.05 Å². The summed E-state index contributed by atoms with van der Waals surface area (Å²) in [6, 6.07) is 7.62. The zero-order chi connectivity index (χ0) is 16.5. The average Bonchev–Trinajstić information content (AvgIpc) is 2.47. The summed E-state index contributed by atoms with van der Waals surface area (Å²) in [5.74, 6) is 0.0490. The number of carbonyl (C=O) groups is 2. The molecule has 0 fully saturated rings. The Kier molecular flexibility index (Phi) is 7.37. The van der Waals surface area contributed by atoms with Crippen molar-refractivity contribution in [3.8, 4) is 0 Å². The molecule has 0 spiro atoms. The fourth-order valence-electron chi connectivity index (χ4n) is 2.11. The van der Waals surface area contributed by atoms with E-state index in [4.69, 9.17) is 0 Å². The molecule has 22 heavy (non-hydrogen) atoms. The molecule has 1 rings (SSSR count). The van der Waals surface area contributed by atoms with Crippen molar-refractivity contribution in [3.05, 3.63) is 41.5 Å². The Hall–Kier alpha value is -2.10. The average molecular weight is 302 g/mol. The molecule has 0 aliphatic rings. The smallest absolute Gasteiger partial charge is 0.242 e. The highest BCUT2D eigenvalue weighted by atomic mass is 16.2. The largest absolute Gasteiger partial charge is 0.357 e. The molecule has 4 nitrogen and oxygen atoms in total. The zero-order valence-electron chi connectivity index (χ0n) is 13.8. The normalized spacial score (nSPS) is 12.4. The van der Waals surface area contributed by atoms with Gasteiger partial charge in [-0.3, -0.25) is 9.59 Å². The zero-order valence-corrected chi connectivity index (χ0v) is 13.8. The van der Waals surface area contributed by atoms with Crippen molar-refractivity contribution in [3.63, 3.8) is 0 Å². The number of amides is 2.